The molecule has 1 aromatic heterocycles. The van der Waals surface area contributed by atoms with Crippen molar-refractivity contribution in [3.8, 4) is 5.75 Å². The quantitative estimate of drug-likeness (QED) is 0.399. The van der Waals surface area contributed by atoms with Gasteiger partial charge in [0.05, 0.1) is 10.7 Å². The zero-order valence-electron chi connectivity index (χ0n) is 19.0. The average Bonchev–Trinajstić information content (AvgIpc) is 3.22. The number of rotatable bonds is 10. The first-order valence-electron chi connectivity index (χ1n) is 11.4. The largest absolute Gasteiger partial charge is 0.487 e. The number of unbranched alkanes of at least 4 members (excludes halogenated alkanes) is 1. The zero-order chi connectivity index (χ0) is 22.8. The molecule has 0 saturated heterocycles. The van der Waals surface area contributed by atoms with Crippen molar-refractivity contribution < 1.29 is 14.3 Å². The molecule has 0 bridgehead atoms. The first kappa shape index (κ1) is 24.0. The molecule has 0 radical (unpaired) electrons. The Morgan fingerprint density at radius 3 is 2.72 bits per heavy atom. The molecule has 32 heavy (non-hydrogen) atoms. The number of nitrogens with one attached hydrogen (secondary N) is 2. The smallest absolute Gasteiger partial charge is 0.245 e. The van der Waals surface area contributed by atoms with Crippen LogP contribution in [0.25, 0.3) is 6.08 Å². The molecule has 0 unspecified atom stereocenters. The monoisotopic (exact) mass is 455 g/mol. The fourth-order valence-electron chi connectivity index (χ4n) is 3.93. The summed E-state index contributed by atoms with van der Waals surface area (Å²) in [5, 5.41) is 9.02. The lowest BCUT2D eigenvalue weighted by Gasteiger charge is -2.36. The molecule has 0 aliphatic heterocycles. The fraction of sp³-hybridized carbons (Fsp3) is 0.480. The van der Waals surface area contributed by atoms with Crippen molar-refractivity contribution in [1.29, 1.82) is 0 Å². The van der Waals surface area contributed by atoms with E-state index in [1.807, 2.05) is 36.6 Å². The van der Waals surface area contributed by atoms with Crippen LogP contribution in [0.5, 0.6) is 5.75 Å². The number of amides is 2. The van der Waals surface area contributed by atoms with Crippen molar-refractivity contribution in [1.82, 2.24) is 15.6 Å². The Kier molecular flexibility index (Phi) is 8.85. The maximum absolute atomic E-state index is 12.9. The van der Waals surface area contributed by atoms with Crippen LogP contribution < -0.4 is 15.4 Å². The van der Waals surface area contributed by atoms with Gasteiger partial charge >= 0.3 is 0 Å². The molecule has 172 valence electrons. The van der Waals surface area contributed by atoms with E-state index in [1.165, 1.54) is 6.08 Å². The van der Waals surface area contributed by atoms with Crippen molar-refractivity contribution in [2.24, 2.45) is 0 Å². The summed E-state index contributed by atoms with van der Waals surface area (Å²) < 4.78 is 5.93. The van der Waals surface area contributed by atoms with Crippen LogP contribution in [0.4, 0.5) is 0 Å². The van der Waals surface area contributed by atoms with Crippen molar-refractivity contribution in [2.45, 2.75) is 70.9 Å². The molecular weight excluding hydrogens is 422 g/mol. The van der Waals surface area contributed by atoms with E-state index >= 15 is 0 Å². The van der Waals surface area contributed by atoms with Gasteiger partial charge in [0, 0.05) is 23.6 Å². The van der Waals surface area contributed by atoms with Gasteiger partial charge in [0.25, 0.3) is 0 Å². The maximum atomic E-state index is 12.9. The van der Waals surface area contributed by atoms with E-state index in [2.05, 4.69) is 22.5 Å². The van der Waals surface area contributed by atoms with Crippen molar-refractivity contribution >= 4 is 29.2 Å². The summed E-state index contributed by atoms with van der Waals surface area (Å²) in [7, 11) is 0. The van der Waals surface area contributed by atoms with Crippen LogP contribution in [0, 0.1) is 6.92 Å². The third kappa shape index (κ3) is 6.66. The number of hydrogen-bond donors (Lipinski definition) is 2. The molecule has 1 saturated carbocycles. The van der Waals surface area contributed by atoms with E-state index in [0.29, 0.717) is 31.7 Å². The number of thiazole rings is 1. The summed E-state index contributed by atoms with van der Waals surface area (Å²) in [6.45, 7) is 5.08. The second-order valence-corrected chi connectivity index (χ2v) is 9.32. The molecule has 1 aliphatic rings. The number of benzene rings is 1. The molecule has 3 rings (SSSR count). The highest BCUT2D eigenvalue weighted by Gasteiger charge is 2.40. The number of para-hydroxylation sites is 1. The molecule has 1 heterocycles. The van der Waals surface area contributed by atoms with Crippen molar-refractivity contribution in [3.63, 3.8) is 0 Å². The van der Waals surface area contributed by atoms with Crippen LogP contribution in [-0.4, -0.2) is 28.9 Å². The van der Waals surface area contributed by atoms with E-state index in [-0.39, 0.29) is 11.8 Å². The SMILES string of the molecule is CCCCNC(=O)C1(NC(=O)/C=C/c2ccccc2OCc2csc(C)n2)CCCCC1. The molecular formula is C25H33N3O3S. The van der Waals surface area contributed by atoms with Crippen LogP contribution in [0.1, 0.15) is 68.1 Å². The third-order valence-electron chi connectivity index (χ3n) is 5.70. The molecule has 1 fully saturated rings. The van der Waals surface area contributed by atoms with Crippen LogP contribution in [-0.2, 0) is 16.2 Å². The highest BCUT2D eigenvalue weighted by molar-refractivity contribution is 7.09. The number of ether oxygens (including phenoxy) is 1. The van der Waals surface area contributed by atoms with Gasteiger partial charge in [-0.3, -0.25) is 9.59 Å². The van der Waals surface area contributed by atoms with Gasteiger partial charge < -0.3 is 15.4 Å². The molecule has 0 spiro atoms. The highest BCUT2D eigenvalue weighted by Crippen LogP contribution is 2.29. The van der Waals surface area contributed by atoms with Gasteiger partial charge in [-0.2, -0.15) is 0 Å². The Balaban J connectivity index is 1.65. The summed E-state index contributed by atoms with van der Waals surface area (Å²) in [6, 6.07) is 7.58. The molecule has 6 nitrogen and oxygen atoms in total. The van der Waals surface area contributed by atoms with Gasteiger partial charge in [-0.15, -0.1) is 11.3 Å². The minimum absolute atomic E-state index is 0.0605. The topological polar surface area (TPSA) is 80.3 Å². The van der Waals surface area contributed by atoms with Crippen LogP contribution in [0.3, 0.4) is 0 Å². The van der Waals surface area contributed by atoms with Crippen LogP contribution >= 0.6 is 11.3 Å². The lowest BCUT2D eigenvalue weighted by molar-refractivity contribution is -0.133. The van der Waals surface area contributed by atoms with Gasteiger partial charge in [0.1, 0.15) is 17.9 Å². The number of carbonyl (C=O) groups is 2. The Bertz CT molecular complexity index is 932. The summed E-state index contributed by atoms with van der Waals surface area (Å²) >= 11 is 1.59. The first-order valence-corrected chi connectivity index (χ1v) is 12.3. The number of carbonyl (C=O) groups excluding carboxylic acids is 2. The summed E-state index contributed by atoms with van der Waals surface area (Å²) in [5.74, 6) is 0.365. The fourth-order valence-corrected chi connectivity index (χ4v) is 4.53. The Labute approximate surface area is 194 Å². The average molecular weight is 456 g/mol. The number of aromatic nitrogens is 1. The number of hydrogen-bond acceptors (Lipinski definition) is 5. The van der Waals surface area contributed by atoms with E-state index in [0.717, 1.165) is 48.4 Å². The summed E-state index contributed by atoms with van der Waals surface area (Å²) in [6.07, 6.45) is 9.52. The molecule has 7 heteroatoms. The third-order valence-corrected chi connectivity index (χ3v) is 6.52. The minimum Gasteiger partial charge on any atom is -0.487 e. The Morgan fingerprint density at radius 1 is 1.22 bits per heavy atom. The molecule has 2 amide bonds. The highest BCUT2D eigenvalue weighted by atomic mass is 32.1. The van der Waals surface area contributed by atoms with E-state index in [1.54, 1.807) is 17.4 Å². The van der Waals surface area contributed by atoms with Gasteiger partial charge in [0.15, 0.2) is 0 Å². The van der Waals surface area contributed by atoms with Crippen molar-refractivity contribution in [2.75, 3.05) is 6.54 Å². The zero-order valence-corrected chi connectivity index (χ0v) is 19.8. The predicted molar refractivity (Wildman–Crippen MR) is 129 cm³/mol. The van der Waals surface area contributed by atoms with Gasteiger partial charge in [-0.25, -0.2) is 4.98 Å². The van der Waals surface area contributed by atoms with Crippen LogP contribution in [0.15, 0.2) is 35.7 Å². The lowest BCUT2D eigenvalue weighted by atomic mass is 9.80. The molecule has 0 atom stereocenters. The first-order chi connectivity index (χ1) is 15.5. The Morgan fingerprint density at radius 2 is 2.00 bits per heavy atom. The van der Waals surface area contributed by atoms with Gasteiger partial charge in [0.2, 0.25) is 11.8 Å². The standard InChI is InChI=1S/C25H33N3O3S/c1-3-4-16-26-24(30)25(14-8-5-9-15-25)28-23(29)13-12-20-10-6-7-11-22(20)31-17-21-18-32-19(2)27-21/h6-7,10-13,18H,3-5,8-9,14-17H2,1-2H3,(H,26,30)(H,28,29)/b13-12+. The number of aryl methyl sites for hydroxylation is 1. The lowest BCUT2D eigenvalue weighted by Crippen LogP contribution is -2.59. The Hall–Kier alpha value is -2.67. The molecule has 2 aromatic rings. The molecule has 1 aromatic carbocycles. The summed E-state index contributed by atoms with van der Waals surface area (Å²) in [5.41, 5.74) is 0.878. The molecule has 1 aliphatic carbocycles. The summed E-state index contributed by atoms with van der Waals surface area (Å²) in [4.78, 5) is 30.1. The second kappa shape index (κ2) is 11.8. The normalized spacial score (nSPS) is 15.4. The van der Waals surface area contributed by atoms with Crippen LogP contribution in [0.2, 0.25) is 0 Å². The van der Waals surface area contributed by atoms with E-state index in [9.17, 15) is 9.59 Å². The maximum Gasteiger partial charge on any atom is 0.245 e. The van der Waals surface area contributed by atoms with Gasteiger partial charge in [-0.05, 0) is 38.3 Å². The predicted octanol–water partition coefficient (Wildman–Crippen LogP) is 4.78. The van der Waals surface area contributed by atoms with E-state index < -0.39 is 5.54 Å². The van der Waals surface area contributed by atoms with E-state index in [4.69, 9.17) is 4.74 Å². The number of nitrogens with zero attached hydrogens (tertiary/aromatic N) is 1. The molecule has 2 N–H and O–H groups in total. The second-order valence-electron chi connectivity index (χ2n) is 8.26. The van der Waals surface area contributed by atoms with Crippen molar-refractivity contribution in [3.05, 3.63) is 52.0 Å². The minimum atomic E-state index is -0.814. The van der Waals surface area contributed by atoms with Gasteiger partial charge in [-0.1, -0.05) is 50.8 Å².